The van der Waals surface area contributed by atoms with E-state index < -0.39 is 0 Å². The van der Waals surface area contributed by atoms with Crippen molar-refractivity contribution in [2.75, 3.05) is 12.0 Å². The van der Waals surface area contributed by atoms with Gasteiger partial charge < -0.3 is 5.73 Å². The summed E-state index contributed by atoms with van der Waals surface area (Å²) in [6.07, 6.45) is 9.79. The number of rotatable bonds is 2. The largest absolute Gasteiger partial charge is 0.397 e. The minimum Gasteiger partial charge on any atom is -0.397 e. The first-order valence-corrected chi connectivity index (χ1v) is 6.61. The normalized spacial score (nSPS) is 13.5. The minimum absolute atomic E-state index is 0.0700. The van der Waals surface area contributed by atoms with Crippen molar-refractivity contribution in [1.82, 2.24) is 0 Å². The van der Waals surface area contributed by atoms with Gasteiger partial charge in [-0.2, -0.15) is 10.5 Å². The number of nitriles is 2. The molecule has 0 aliphatic heterocycles. The molecule has 0 saturated heterocycles. The summed E-state index contributed by atoms with van der Waals surface area (Å²) in [5, 5.41) is 18.4. The number of hydrogen-bond acceptors (Lipinski definition) is 4. The molecule has 0 aromatic heterocycles. The predicted molar refractivity (Wildman–Crippen MR) is 73.1 cm³/mol. The van der Waals surface area contributed by atoms with Crippen LogP contribution in [0.5, 0.6) is 0 Å². The molecule has 0 radical (unpaired) electrons. The smallest absolute Gasteiger partial charge is 0.103 e. The Morgan fingerprint density at radius 1 is 1.17 bits per heavy atom. The van der Waals surface area contributed by atoms with E-state index in [-0.39, 0.29) is 11.6 Å². The highest BCUT2D eigenvalue weighted by atomic mass is 32.2. The monoisotopic (exact) mass is 253 g/mol. The molecule has 2 N–H and O–H groups in total. The summed E-state index contributed by atoms with van der Waals surface area (Å²) >= 11 is 1.47. The summed E-state index contributed by atoms with van der Waals surface area (Å²) in [7, 11) is 0. The fourth-order valence-electron chi connectivity index (χ4n) is 2.00. The Kier molecular flexibility index (Phi) is 3.41. The summed E-state index contributed by atoms with van der Waals surface area (Å²) in [5.41, 5.74) is 7.90. The molecule has 0 bridgehead atoms. The van der Waals surface area contributed by atoms with Crippen molar-refractivity contribution in [2.24, 2.45) is 0 Å². The van der Waals surface area contributed by atoms with Crippen molar-refractivity contribution in [2.45, 2.75) is 10.8 Å². The first-order chi connectivity index (χ1) is 8.72. The molecule has 1 aliphatic rings. The zero-order chi connectivity index (χ0) is 13.1. The van der Waals surface area contributed by atoms with Gasteiger partial charge in [0.25, 0.3) is 0 Å². The van der Waals surface area contributed by atoms with E-state index in [0.29, 0.717) is 11.1 Å². The van der Waals surface area contributed by atoms with E-state index in [0.717, 1.165) is 10.5 Å². The van der Waals surface area contributed by atoms with Gasteiger partial charge in [-0.3, -0.25) is 0 Å². The Balaban J connectivity index is 2.71. The molecule has 0 atom stereocenters. The number of nitrogens with two attached hydrogens (primary N) is 1. The van der Waals surface area contributed by atoms with Crippen LogP contribution in [0.15, 0.2) is 35.3 Å². The Labute approximate surface area is 110 Å². The van der Waals surface area contributed by atoms with Crippen LogP contribution in [0.2, 0.25) is 0 Å². The number of thioether (sulfide) groups is 1. The lowest BCUT2D eigenvalue weighted by Gasteiger charge is -2.14. The second kappa shape index (κ2) is 5.00. The molecule has 88 valence electrons. The zero-order valence-corrected chi connectivity index (χ0v) is 10.7. The van der Waals surface area contributed by atoms with Crippen molar-refractivity contribution in [3.05, 3.63) is 47.1 Å². The van der Waals surface area contributed by atoms with Crippen LogP contribution < -0.4 is 5.73 Å². The molecule has 1 aliphatic carbocycles. The van der Waals surface area contributed by atoms with Gasteiger partial charge in [-0.1, -0.05) is 24.3 Å². The van der Waals surface area contributed by atoms with Gasteiger partial charge in [0.15, 0.2) is 0 Å². The third-order valence-electron chi connectivity index (χ3n) is 2.91. The highest BCUT2D eigenvalue weighted by Gasteiger charge is 2.19. The fraction of sp³-hybridized carbons (Fsp3) is 0.143. The maximum absolute atomic E-state index is 9.25. The van der Waals surface area contributed by atoms with Gasteiger partial charge in [-0.15, -0.1) is 11.8 Å². The summed E-state index contributed by atoms with van der Waals surface area (Å²) in [5.74, 6) is 0.0700. The molecule has 4 heteroatoms. The standard InChI is InChI=1S/C14H11N3S/c1-18-13-6-10(9-4-2-3-5-9)11(7-15)14(17)12(13)8-16/h2-6,9H,17H2,1H3. The Morgan fingerprint density at radius 2 is 1.78 bits per heavy atom. The van der Waals surface area contributed by atoms with Gasteiger partial charge in [0, 0.05) is 10.8 Å². The predicted octanol–water partition coefficient (Wildman–Crippen LogP) is 2.94. The van der Waals surface area contributed by atoms with E-state index in [9.17, 15) is 5.26 Å². The molecular weight excluding hydrogens is 242 g/mol. The van der Waals surface area contributed by atoms with E-state index >= 15 is 0 Å². The van der Waals surface area contributed by atoms with Crippen LogP contribution in [-0.2, 0) is 0 Å². The third kappa shape index (κ3) is 1.88. The molecule has 2 rings (SSSR count). The molecule has 0 saturated carbocycles. The Bertz CT molecular complexity index is 618. The quantitative estimate of drug-likeness (QED) is 0.649. The topological polar surface area (TPSA) is 73.6 Å². The van der Waals surface area contributed by atoms with Crippen molar-refractivity contribution in [1.29, 1.82) is 10.5 Å². The molecule has 1 aromatic carbocycles. The summed E-state index contributed by atoms with van der Waals surface area (Å²) < 4.78 is 0. The number of anilines is 1. The maximum atomic E-state index is 9.25. The number of nitrogen functional groups attached to an aromatic ring is 1. The van der Waals surface area contributed by atoms with Gasteiger partial charge in [-0.25, -0.2) is 0 Å². The van der Waals surface area contributed by atoms with Gasteiger partial charge in [0.05, 0.1) is 16.8 Å². The van der Waals surface area contributed by atoms with Crippen LogP contribution in [0.1, 0.15) is 22.6 Å². The lowest BCUT2D eigenvalue weighted by Crippen LogP contribution is -2.03. The minimum atomic E-state index is 0.0700. The summed E-state index contributed by atoms with van der Waals surface area (Å²) in [4.78, 5) is 0.817. The van der Waals surface area contributed by atoms with Crippen molar-refractivity contribution < 1.29 is 0 Å². The third-order valence-corrected chi connectivity index (χ3v) is 3.67. The molecule has 3 nitrogen and oxygen atoms in total. The highest BCUT2D eigenvalue weighted by Crippen LogP contribution is 2.36. The highest BCUT2D eigenvalue weighted by molar-refractivity contribution is 7.98. The van der Waals surface area contributed by atoms with Crippen LogP contribution in [0.4, 0.5) is 5.69 Å². The van der Waals surface area contributed by atoms with E-state index in [1.165, 1.54) is 11.8 Å². The Morgan fingerprint density at radius 3 is 2.28 bits per heavy atom. The van der Waals surface area contributed by atoms with Crippen molar-refractivity contribution in [3.8, 4) is 12.1 Å². The van der Waals surface area contributed by atoms with Gasteiger partial charge in [0.2, 0.25) is 0 Å². The Hall–Kier alpha value is -2.17. The maximum Gasteiger partial charge on any atom is 0.103 e. The molecule has 0 heterocycles. The lowest BCUT2D eigenvalue weighted by molar-refractivity contribution is 1.08. The second-order valence-electron chi connectivity index (χ2n) is 3.85. The lowest BCUT2D eigenvalue weighted by atomic mass is 9.93. The molecule has 0 amide bonds. The van der Waals surface area contributed by atoms with E-state index in [2.05, 4.69) is 12.1 Å². The molecule has 1 aromatic rings. The van der Waals surface area contributed by atoms with Gasteiger partial charge in [0.1, 0.15) is 12.1 Å². The van der Waals surface area contributed by atoms with Crippen LogP contribution in [0.25, 0.3) is 0 Å². The molecule has 0 fully saturated rings. The molecule has 0 unspecified atom stereocenters. The van der Waals surface area contributed by atoms with Gasteiger partial charge in [-0.05, 0) is 17.9 Å². The zero-order valence-electron chi connectivity index (χ0n) is 9.84. The first kappa shape index (κ1) is 12.3. The molecule has 18 heavy (non-hydrogen) atoms. The SMILES string of the molecule is CSc1cc(C2C=CC=C2)c(C#N)c(N)c1C#N. The van der Waals surface area contributed by atoms with E-state index in [4.69, 9.17) is 11.0 Å². The second-order valence-corrected chi connectivity index (χ2v) is 4.70. The summed E-state index contributed by atoms with van der Waals surface area (Å²) in [6.45, 7) is 0. The molecule has 0 spiro atoms. The van der Waals surface area contributed by atoms with Crippen LogP contribution in [0.3, 0.4) is 0 Å². The first-order valence-electron chi connectivity index (χ1n) is 5.38. The summed E-state index contributed by atoms with van der Waals surface area (Å²) in [6, 6.07) is 6.08. The number of allylic oxidation sites excluding steroid dienone is 4. The van der Waals surface area contributed by atoms with Crippen LogP contribution in [-0.4, -0.2) is 6.26 Å². The van der Waals surface area contributed by atoms with Gasteiger partial charge >= 0.3 is 0 Å². The van der Waals surface area contributed by atoms with Crippen LogP contribution >= 0.6 is 11.8 Å². The van der Waals surface area contributed by atoms with Crippen LogP contribution in [0, 0.1) is 22.7 Å². The number of nitrogens with zero attached hydrogens (tertiary/aromatic N) is 2. The van der Waals surface area contributed by atoms with E-state index in [1.54, 1.807) is 0 Å². The molecular formula is C14H11N3S. The fourth-order valence-corrected chi connectivity index (χ4v) is 2.61. The van der Waals surface area contributed by atoms with Crippen molar-refractivity contribution in [3.63, 3.8) is 0 Å². The van der Waals surface area contributed by atoms with Crippen molar-refractivity contribution >= 4 is 17.4 Å². The average molecular weight is 253 g/mol. The van der Waals surface area contributed by atoms with E-state index in [1.807, 2.05) is 36.6 Å². The average Bonchev–Trinajstić information content (AvgIpc) is 2.91. The number of hydrogen-bond donors (Lipinski definition) is 1. The number of benzene rings is 1.